The first-order chi connectivity index (χ1) is 30.8. The molecule has 0 bridgehead atoms. The van der Waals surface area contributed by atoms with Crippen LogP contribution in [0.1, 0.15) is 232 Å². The number of aliphatic hydroxyl groups excluding tert-OH is 4. The van der Waals surface area contributed by atoms with Crippen LogP contribution in [0.3, 0.4) is 0 Å². The van der Waals surface area contributed by atoms with Gasteiger partial charge in [-0.15, -0.1) is 0 Å². The molecule has 1 aliphatic rings. The molecule has 368 valence electrons. The lowest BCUT2D eigenvalue weighted by atomic mass is 9.99. The van der Waals surface area contributed by atoms with Gasteiger partial charge in [-0.3, -0.25) is 9.59 Å². The number of hydrogen-bond acceptors (Lipinski definition) is 10. The van der Waals surface area contributed by atoms with E-state index in [0.29, 0.717) is 12.8 Å². The summed E-state index contributed by atoms with van der Waals surface area (Å²) >= 11 is 0. The number of esters is 2. The average Bonchev–Trinajstić information content (AvgIpc) is 3.28. The van der Waals surface area contributed by atoms with Crippen LogP contribution in [0.15, 0.2) is 36.5 Å². The number of rotatable bonds is 44. The molecule has 0 aromatic heterocycles. The zero-order valence-corrected chi connectivity index (χ0v) is 40.3. The van der Waals surface area contributed by atoms with Crippen molar-refractivity contribution in [2.45, 2.75) is 269 Å². The summed E-state index contributed by atoms with van der Waals surface area (Å²) in [5.41, 5.74) is 0. The van der Waals surface area contributed by atoms with Gasteiger partial charge < -0.3 is 39.4 Å². The summed E-state index contributed by atoms with van der Waals surface area (Å²) in [6.07, 6.45) is 44.5. The van der Waals surface area contributed by atoms with Crippen molar-refractivity contribution >= 4 is 11.9 Å². The van der Waals surface area contributed by atoms with Crippen molar-refractivity contribution < 1.29 is 49.0 Å². The Bertz CT molecular complexity index is 1120. The molecule has 0 aliphatic carbocycles. The van der Waals surface area contributed by atoms with Gasteiger partial charge in [0.1, 0.15) is 31.0 Å². The summed E-state index contributed by atoms with van der Waals surface area (Å²) < 4.78 is 22.2. The highest BCUT2D eigenvalue weighted by Crippen LogP contribution is 2.23. The zero-order chi connectivity index (χ0) is 45.9. The minimum atomic E-state index is -1.60. The lowest BCUT2D eigenvalue weighted by Crippen LogP contribution is -2.59. The fraction of sp³-hybridized carbons (Fsp3) is 0.849. The summed E-state index contributed by atoms with van der Waals surface area (Å²) in [6.45, 7) is 3.40. The van der Waals surface area contributed by atoms with E-state index in [2.05, 4.69) is 50.3 Å². The number of unbranched alkanes of at least 4 members (excludes halogenated alkanes) is 27. The number of ether oxygens (including phenoxy) is 4. The SMILES string of the molecule is CCCCCCCC/C=C/C/C=C/C/C=C/CCCC(=O)OC[C@H](CO[C@@H]1O[C@H](CO)[C@H](O)C(O)C1O)OC(=O)CCCCCCCCCCCCCCCCCCCCCCC. The van der Waals surface area contributed by atoms with Crippen LogP contribution in [0.5, 0.6) is 0 Å². The minimum Gasteiger partial charge on any atom is -0.462 e. The van der Waals surface area contributed by atoms with Gasteiger partial charge in [0.2, 0.25) is 0 Å². The normalized spacial score (nSPS) is 19.7. The van der Waals surface area contributed by atoms with Crippen LogP contribution in [0.4, 0.5) is 0 Å². The van der Waals surface area contributed by atoms with Crippen LogP contribution in [-0.2, 0) is 28.5 Å². The molecule has 0 spiro atoms. The van der Waals surface area contributed by atoms with Crippen LogP contribution in [0, 0.1) is 0 Å². The van der Waals surface area contributed by atoms with E-state index in [0.717, 1.165) is 44.9 Å². The van der Waals surface area contributed by atoms with Gasteiger partial charge in [-0.1, -0.05) is 211 Å². The molecule has 1 saturated heterocycles. The number of aliphatic hydroxyl groups is 4. The third kappa shape index (κ3) is 34.9. The third-order valence-corrected chi connectivity index (χ3v) is 12.0. The van der Waals surface area contributed by atoms with Crippen LogP contribution < -0.4 is 0 Å². The Balaban J connectivity index is 2.28. The van der Waals surface area contributed by atoms with Crippen molar-refractivity contribution in [1.82, 2.24) is 0 Å². The minimum absolute atomic E-state index is 0.206. The zero-order valence-electron chi connectivity index (χ0n) is 40.3. The molecule has 0 radical (unpaired) electrons. The topological polar surface area (TPSA) is 152 Å². The van der Waals surface area contributed by atoms with E-state index in [1.54, 1.807) is 0 Å². The van der Waals surface area contributed by atoms with Crippen molar-refractivity contribution in [2.75, 3.05) is 19.8 Å². The van der Waals surface area contributed by atoms with Crippen molar-refractivity contribution in [2.24, 2.45) is 0 Å². The summed E-state index contributed by atoms with van der Waals surface area (Å²) in [5.74, 6) is -0.857. The standard InChI is InChI=1S/C53H96O10/c1-3-5-7-9-11-13-15-17-19-21-22-23-24-26-28-30-32-34-36-38-40-42-49(56)62-46(45-61-53-52(59)51(58)50(57)47(43-54)63-53)44-60-48(55)41-39-37-35-33-31-29-27-25-20-18-16-14-12-10-8-6-4-2/h18,20,27,29,33,35,46-47,50-54,57-59H,3-17,19,21-26,28,30-32,34,36-45H2,1-2H3/b20-18+,29-27+,35-33+/t46-,47-,50+,51?,52?,53-/m1/s1. The number of carbonyl (C=O) groups is 2. The van der Waals surface area contributed by atoms with Gasteiger partial charge >= 0.3 is 11.9 Å². The van der Waals surface area contributed by atoms with E-state index in [4.69, 9.17) is 18.9 Å². The Morgan fingerprint density at radius 3 is 1.38 bits per heavy atom. The lowest BCUT2D eigenvalue weighted by Gasteiger charge is -2.39. The predicted octanol–water partition coefficient (Wildman–Crippen LogP) is 12.2. The second-order valence-corrected chi connectivity index (χ2v) is 18.0. The molecule has 63 heavy (non-hydrogen) atoms. The molecule has 1 fully saturated rings. The molecule has 2 unspecified atom stereocenters. The summed E-state index contributed by atoms with van der Waals surface area (Å²) in [7, 11) is 0. The molecule has 0 aromatic rings. The van der Waals surface area contributed by atoms with Gasteiger partial charge in [0, 0.05) is 12.8 Å². The molecule has 6 atom stereocenters. The maximum Gasteiger partial charge on any atom is 0.306 e. The molecule has 10 heteroatoms. The van der Waals surface area contributed by atoms with Gasteiger partial charge in [0.25, 0.3) is 0 Å². The maximum absolute atomic E-state index is 12.8. The largest absolute Gasteiger partial charge is 0.462 e. The van der Waals surface area contributed by atoms with Gasteiger partial charge in [-0.2, -0.15) is 0 Å². The third-order valence-electron chi connectivity index (χ3n) is 12.0. The molecule has 0 amide bonds. The number of hydrogen-bond donors (Lipinski definition) is 4. The molecular weight excluding hydrogens is 797 g/mol. The molecule has 10 nitrogen and oxygen atoms in total. The van der Waals surface area contributed by atoms with Crippen LogP contribution in [0.25, 0.3) is 0 Å². The van der Waals surface area contributed by atoms with E-state index in [9.17, 15) is 30.0 Å². The van der Waals surface area contributed by atoms with Crippen LogP contribution >= 0.6 is 0 Å². The summed E-state index contributed by atoms with van der Waals surface area (Å²) in [5, 5.41) is 40.2. The Morgan fingerprint density at radius 1 is 0.492 bits per heavy atom. The summed E-state index contributed by atoms with van der Waals surface area (Å²) in [6, 6.07) is 0. The molecule has 4 N–H and O–H groups in total. The highest BCUT2D eigenvalue weighted by molar-refractivity contribution is 5.70. The number of carbonyl (C=O) groups excluding carboxylic acids is 2. The summed E-state index contributed by atoms with van der Waals surface area (Å²) in [4.78, 5) is 25.4. The lowest BCUT2D eigenvalue weighted by molar-refractivity contribution is -0.305. The van der Waals surface area contributed by atoms with Crippen LogP contribution in [0.2, 0.25) is 0 Å². The van der Waals surface area contributed by atoms with Crippen molar-refractivity contribution in [3.63, 3.8) is 0 Å². The van der Waals surface area contributed by atoms with E-state index in [1.807, 2.05) is 0 Å². The first-order valence-electron chi connectivity index (χ1n) is 26.1. The molecule has 0 aromatic carbocycles. The van der Waals surface area contributed by atoms with Gasteiger partial charge in [-0.25, -0.2) is 0 Å². The van der Waals surface area contributed by atoms with E-state index < -0.39 is 55.4 Å². The first kappa shape index (κ1) is 58.9. The van der Waals surface area contributed by atoms with Gasteiger partial charge in [0.05, 0.1) is 13.2 Å². The highest BCUT2D eigenvalue weighted by Gasteiger charge is 2.44. The molecule has 0 saturated carbocycles. The second kappa shape index (κ2) is 43.8. The monoisotopic (exact) mass is 893 g/mol. The number of allylic oxidation sites excluding steroid dienone is 6. The van der Waals surface area contributed by atoms with Crippen molar-refractivity contribution in [3.8, 4) is 0 Å². The van der Waals surface area contributed by atoms with Gasteiger partial charge in [0.15, 0.2) is 12.4 Å². The van der Waals surface area contributed by atoms with E-state index in [-0.39, 0.29) is 26.1 Å². The quantitative estimate of drug-likeness (QED) is 0.0264. The molecule has 1 rings (SSSR count). The average molecular weight is 893 g/mol. The molecule has 1 heterocycles. The van der Waals surface area contributed by atoms with Gasteiger partial charge in [-0.05, 0) is 44.9 Å². The maximum atomic E-state index is 12.8. The fourth-order valence-corrected chi connectivity index (χ4v) is 7.91. The Labute approximate surface area is 385 Å². The molecule has 1 aliphatic heterocycles. The fourth-order valence-electron chi connectivity index (χ4n) is 7.91. The Kier molecular flexibility index (Phi) is 41.0. The predicted molar refractivity (Wildman–Crippen MR) is 256 cm³/mol. The first-order valence-corrected chi connectivity index (χ1v) is 26.1. The van der Waals surface area contributed by atoms with Crippen molar-refractivity contribution in [1.29, 1.82) is 0 Å². The Morgan fingerprint density at radius 2 is 0.905 bits per heavy atom. The smallest absolute Gasteiger partial charge is 0.306 e. The Hall–Kier alpha value is -2.08. The second-order valence-electron chi connectivity index (χ2n) is 18.0. The van der Waals surface area contributed by atoms with E-state index in [1.165, 1.54) is 148 Å². The van der Waals surface area contributed by atoms with Crippen LogP contribution in [-0.4, -0.2) is 89.0 Å². The highest BCUT2D eigenvalue weighted by atomic mass is 16.7. The van der Waals surface area contributed by atoms with E-state index >= 15 is 0 Å². The van der Waals surface area contributed by atoms with Crippen molar-refractivity contribution in [3.05, 3.63) is 36.5 Å². The molecular formula is C53H96O10.